The van der Waals surface area contributed by atoms with E-state index >= 15 is 0 Å². The first-order valence-electron chi connectivity index (χ1n) is 3.03. The molecule has 1 rings (SSSR count). The molecule has 0 unspecified atom stereocenters. The van der Waals surface area contributed by atoms with Crippen LogP contribution in [0.25, 0.3) is 0 Å². The van der Waals surface area contributed by atoms with Gasteiger partial charge in [0.05, 0.1) is 6.61 Å². The smallest absolute Gasteiger partial charge is 0.366 e. The van der Waals surface area contributed by atoms with E-state index in [1.54, 1.807) is 0 Å². The standard InChI is InChI=1S/C6H10O4/c1-8-6(9-2)3-4-10-5(6)7/h3-4H2,1-2H3. The molecule has 1 fully saturated rings. The molecular weight excluding hydrogens is 136 g/mol. The number of rotatable bonds is 2. The zero-order valence-electron chi connectivity index (χ0n) is 6.05. The van der Waals surface area contributed by atoms with Crippen molar-refractivity contribution < 1.29 is 19.0 Å². The molecule has 0 radical (unpaired) electrons. The summed E-state index contributed by atoms with van der Waals surface area (Å²) in [5.41, 5.74) is 0. The summed E-state index contributed by atoms with van der Waals surface area (Å²) in [6.45, 7) is 0.376. The van der Waals surface area contributed by atoms with Gasteiger partial charge in [0.1, 0.15) is 0 Å². The minimum Gasteiger partial charge on any atom is -0.461 e. The third-order valence-electron chi connectivity index (χ3n) is 1.63. The zero-order chi connectivity index (χ0) is 7.61. The maximum Gasteiger partial charge on any atom is 0.366 e. The van der Waals surface area contributed by atoms with Gasteiger partial charge in [-0.1, -0.05) is 0 Å². The van der Waals surface area contributed by atoms with Crippen LogP contribution < -0.4 is 0 Å². The van der Waals surface area contributed by atoms with Gasteiger partial charge in [-0.2, -0.15) is 0 Å². The van der Waals surface area contributed by atoms with Crippen molar-refractivity contribution in [1.82, 2.24) is 0 Å². The SMILES string of the molecule is COC1(OC)CCOC1=O. The summed E-state index contributed by atoms with van der Waals surface area (Å²) in [4.78, 5) is 10.9. The monoisotopic (exact) mass is 146 g/mol. The van der Waals surface area contributed by atoms with Crippen LogP contribution in [0, 0.1) is 0 Å². The highest BCUT2D eigenvalue weighted by Crippen LogP contribution is 2.23. The largest absolute Gasteiger partial charge is 0.461 e. The number of methoxy groups -OCH3 is 2. The van der Waals surface area contributed by atoms with E-state index in [1.165, 1.54) is 14.2 Å². The molecule has 4 nitrogen and oxygen atoms in total. The molecule has 1 heterocycles. The molecule has 1 saturated heterocycles. The number of hydrogen-bond acceptors (Lipinski definition) is 4. The fraction of sp³-hybridized carbons (Fsp3) is 0.833. The quantitative estimate of drug-likeness (QED) is 0.404. The van der Waals surface area contributed by atoms with Gasteiger partial charge in [-0.05, 0) is 0 Å². The van der Waals surface area contributed by atoms with E-state index in [0.29, 0.717) is 13.0 Å². The summed E-state index contributed by atoms with van der Waals surface area (Å²) in [6, 6.07) is 0. The summed E-state index contributed by atoms with van der Waals surface area (Å²) in [7, 11) is 2.85. The van der Waals surface area contributed by atoms with Crippen molar-refractivity contribution in [1.29, 1.82) is 0 Å². The van der Waals surface area contributed by atoms with Crippen molar-refractivity contribution in [2.75, 3.05) is 20.8 Å². The van der Waals surface area contributed by atoms with E-state index in [9.17, 15) is 4.79 Å². The number of carbonyl (C=O) groups is 1. The second-order valence-electron chi connectivity index (χ2n) is 2.05. The van der Waals surface area contributed by atoms with Gasteiger partial charge in [0.15, 0.2) is 0 Å². The van der Waals surface area contributed by atoms with Gasteiger partial charge in [-0.15, -0.1) is 0 Å². The Labute approximate surface area is 59.1 Å². The predicted octanol–water partition coefficient (Wildman–Crippen LogP) is -0.0776. The Hall–Kier alpha value is -0.610. The third kappa shape index (κ3) is 0.892. The van der Waals surface area contributed by atoms with E-state index in [2.05, 4.69) is 4.74 Å². The maximum atomic E-state index is 10.9. The molecular formula is C6H10O4. The van der Waals surface area contributed by atoms with Gasteiger partial charge in [-0.25, -0.2) is 4.79 Å². The van der Waals surface area contributed by atoms with Crippen LogP contribution in [0.3, 0.4) is 0 Å². The summed E-state index contributed by atoms with van der Waals surface area (Å²) in [6.07, 6.45) is 0.471. The van der Waals surface area contributed by atoms with Crippen molar-refractivity contribution in [3.8, 4) is 0 Å². The van der Waals surface area contributed by atoms with Gasteiger partial charge >= 0.3 is 5.97 Å². The molecule has 58 valence electrons. The normalized spacial score (nSPS) is 22.8. The van der Waals surface area contributed by atoms with E-state index in [4.69, 9.17) is 9.47 Å². The van der Waals surface area contributed by atoms with Crippen LogP contribution in [0.5, 0.6) is 0 Å². The topological polar surface area (TPSA) is 44.8 Å². The molecule has 0 saturated carbocycles. The Morgan fingerprint density at radius 3 is 2.30 bits per heavy atom. The number of ether oxygens (including phenoxy) is 3. The fourth-order valence-corrected chi connectivity index (χ4v) is 0.944. The molecule has 10 heavy (non-hydrogen) atoms. The molecule has 0 aromatic carbocycles. The van der Waals surface area contributed by atoms with Crippen LogP contribution in [0.2, 0.25) is 0 Å². The van der Waals surface area contributed by atoms with E-state index in [1.807, 2.05) is 0 Å². The Morgan fingerprint density at radius 1 is 1.50 bits per heavy atom. The number of cyclic esters (lactones) is 1. The second-order valence-corrected chi connectivity index (χ2v) is 2.05. The van der Waals surface area contributed by atoms with Gasteiger partial charge in [-0.3, -0.25) is 0 Å². The molecule has 1 aliphatic heterocycles. The summed E-state index contributed by atoms with van der Waals surface area (Å²) in [5.74, 6) is -1.56. The molecule has 0 N–H and O–H groups in total. The van der Waals surface area contributed by atoms with Crippen molar-refractivity contribution in [2.45, 2.75) is 12.2 Å². The minimum atomic E-state index is -1.12. The van der Waals surface area contributed by atoms with Crippen molar-refractivity contribution >= 4 is 5.97 Å². The van der Waals surface area contributed by atoms with Crippen molar-refractivity contribution in [3.63, 3.8) is 0 Å². The lowest BCUT2D eigenvalue weighted by atomic mass is 10.2. The maximum absolute atomic E-state index is 10.9. The molecule has 1 aliphatic rings. The summed E-state index contributed by atoms with van der Waals surface area (Å²) < 4.78 is 14.4. The Balaban J connectivity index is 2.71. The highest BCUT2D eigenvalue weighted by molar-refractivity contribution is 5.79. The molecule has 0 spiro atoms. The van der Waals surface area contributed by atoms with Crippen molar-refractivity contribution in [2.24, 2.45) is 0 Å². The van der Waals surface area contributed by atoms with Crippen LogP contribution in [-0.2, 0) is 19.0 Å². The van der Waals surface area contributed by atoms with E-state index in [-0.39, 0.29) is 0 Å². The minimum absolute atomic E-state index is 0.376. The summed E-state index contributed by atoms with van der Waals surface area (Å²) in [5, 5.41) is 0. The Morgan fingerprint density at radius 2 is 2.10 bits per heavy atom. The van der Waals surface area contributed by atoms with Crippen LogP contribution in [0.4, 0.5) is 0 Å². The summed E-state index contributed by atoms with van der Waals surface area (Å²) >= 11 is 0. The fourth-order valence-electron chi connectivity index (χ4n) is 0.944. The molecule has 0 aromatic rings. The molecule has 0 atom stereocenters. The predicted molar refractivity (Wildman–Crippen MR) is 32.3 cm³/mol. The number of hydrogen-bond donors (Lipinski definition) is 0. The molecule has 0 aromatic heterocycles. The Bertz CT molecular complexity index is 139. The molecule has 0 aliphatic carbocycles. The first kappa shape index (κ1) is 7.50. The zero-order valence-corrected chi connectivity index (χ0v) is 6.05. The first-order valence-corrected chi connectivity index (χ1v) is 3.03. The van der Waals surface area contributed by atoms with Gasteiger partial charge in [0.25, 0.3) is 5.79 Å². The van der Waals surface area contributed by atoms with Gasteiger partial charge in [0.2, 0.25) is 0 Å². The van der Waals surface area contributed by atoms with Crippen LogP contribution in [0.1, 0.15) is 6.42 Å². The van der Waals surface area contributed by atoms with Crippen LogP contribution >= 0.6 is 0 Å². The lowest BCUT2D eigenvalue weighted by Crippen LogP contribution is -2.38. The van der Waals surface area contributed by atoms with Crippen LogP contribution in [0.15, 0.2) is 0 Å². The molecule has 4 heteroatoms. The van der Waals surface area contributed by atoms with E-state index in [0.717, 1.165) is 0 Å². The lowest BCUT2D eigenvalue weighted by molar-refractivity contribution is -0.210. The average molecular weight is 146 g/mol. The number of carbonyl (C=O) groups excluding carboxylic acids is 1. The van der Waals surface area contributed by atoms with Crippen LogP contribution in [-0.4, -0.2) is 32.6 Å². The average Bonchev–Trinajstić information content (AvgIpc) is 2.32. The Kier molecular flexibility index (Phi) is 1.92. The second kappa shape index (κ2) is 2.56. The first-order chi connectivity index (χ1) is 4.75. The highest BCUT2D eigenvalue weighted by atomic mass is 16.7. The number of esters is 1. The highest BCUT2D eigenvalue weighted by Gasteiger charge is 2.45. The van der Waals surface area contributed by atoms with E-state index < -0.39 is 11.8 Å². The van der Waals surface area contributed by atoms with Gasteiger partial charge < -0.3 is 14.2 Å². The van der Waals surface area contributed by atoms with Crippen molar-refractivity contribution in [3.05, 3.63) is 0 Å². The third-order valence-corrected chi connectivity index (χ3v) is 1.63. The van der Waals surface area contributed by atoms with Gasteiger partial charge in [0, 0.05) is 20.6 Å². The lowest BCUT2D eigenvalue weighted by Gasteiger charge is -2.19. The molecule has 0 bridgehead atoms. The molecule has 0 amide bonds.